The Balaban J connectivity index is 1.70. The summed E-state index contributed by atoms with van der Waals surface area (Å²) in [6, 6.07) is 11.2. The second-order valence-electron chi connectivity index (χ2n) is 5.28. The zero-order valence-electron chi connectivity index (χ0n) is 10.9. The molecule has 1 heterocycles. The molecule has 1 aromatic carbocycles. The molecule has 0 saturated heterocycles. The van der Waals surface area contributed by atoms with Gasteiger partial charge < -0.3 is 10.1 Å². The Hall–Kier alpha value is -1.28. The van der Waals surface area contributed by atoms with Crippen molar-refractivity contribution in [1.29, 1.82) is 0 Å². The molecule has 2 nitrogen and oxygen atoms in total. The van der Waals surface area contributed by atoms with Crippen LogP contribution >= 0.6 is 0 Å². The Morgan fingerprint density at radius 1 is 1.28 bits per heavy atom. The number of benzene rings is 1. The Labute approximate surface area is 109 Å². The first-order valence-corrected chi connectivity index (χ1v) is 6.95. The molecule has 1 N–H and O–H groups in total. The van der Waals surface area contributed by atoms with Crippen LogP contribution in [0.15, 0.2) is 42.2 Å². The second kappa shape index (κ2) is 5.15. The molecule has 1 saturated carbocycles. The van der Waals surface area contributed by atoms with E-state index >= 15 is 0 Å². The highest BCUT2D eigenvalue weighted by Crippen LogP contribution is 2.51. The maximum absolute atomic E-state index is 5.82. The second-order valence-corrected chi connectivity index (χ2v) is 5.28. The van der Waals surface area contributed by atoms with Crippen LogP contribution in [0.4, 0.5) is 0 Å². The summed E-state index contributed by atoms with van der Waals surface area (Å²) in [5.41, 5.74) is 1.47. The molecule has 0 amide bonds. The predicted octanol–water partition coefficient (Wildman–Crippen LogP) is 3.07. The number of allylic oxidation sites excluding steroid dienone is 1. The molecular weight excluding hydrogens is 222 g/mol. The van der Waals surface area contributed by atoms with E-state index in [0.717, 1.165) is 19.4 Å². The van der Waals surface area contributed by atoms with Gasteiger partial charge in [0.05, 0.1) is 12.6 Å². The van der Waals surface area contributed by atoms with Gasteiger partial charge in [-0.2, -0.15) is 0 Å². The van der Waals surface area contributed by atoms with E-state index < -0.39 is 0 Å². The van der Waals surface area contributed by atoms with E-state index in [-0.39, 0.29) is 0 Å². The predicted molar refractivity (Wildman–Crippen MR) is 73.4 cm³/mol. The first kappa shape index (κ1) is 11.8. The molecule has 1 aliphatic heterocycles. The lowest BCUT2D eigenvalue weighted by Gasteiger charge is -2.23. The van der Waals surface area contributed by atoms with Crippen LogP contribution in [0.25, 0.3) is 0 Å². The van der Waals surface area contributed by atoms with Crippen molar-refractivity contribution in [3.05, 3.63) is 47.7 Å². The van der Waals surface area contributed by atoms with Crippen LogP contribution in [0.1, 0.15) is 30.7 Å². The smallest absolute Gasteiger partial charge is 0.109 e. The molecule has 2 aliphatic rings. The van der Waals surface area contributed by atoms with Gasteiger partial charge in [0.15, 0.2) is 0 Å². The third kappa shape index (κ3) is 2.30. The number of hydrogen-bond donors (Lipinski definition) is 1. The summed E-state index contributed by atoms with van der Waals surface area (Å²) >= 11 is 0. The molecule has 1 aliphatic carbocycles. The van der Waals surface area contributed by atoms with Gasteiger partial charge >= 0.3 is 0 Å². The third-order valence-corrected chi connectivity index (χ3v) is 4.08. The molecule has 3 rings (SSSR count). The van der Waals surface area contributed by atoms with Crippen LogP contribution < -0.4 is 5.32 Å². The van der Waals surface area contributed by atoms with Crippen molar-refractivity contribution in [3.63, 3.8) is 0 Å². The van der Waals surface area contributed by atoms with Gasteiger partial charge in [0.25, 0.3) is 0 Å². The van der Waals surface area contributed by atoms with Crippen molar-refractivity contribution >= 4 is 0 Å². The zero-order chi connectivity index (χ0) is 12.4. The maximum atomic E-state index is 5.82. The normalized spacial score (nSPS) is 28.2. The molecular formula is C16H21NO. The quantitative estimate of drug-likeness (QED) is 0.877. The zero-order valence-corrected chi connectivity index (χ0v) is 10.9. The van der Waals surface area contributed by atoms with Gasteiger partial charge in [-0.3, -0.25) is 0 Å². The van der Waals surface area contributed by atoms with E-state index in [1.54, 1.807) is 0 Å². The minimum absolute atomic E-state index is 0.399. The Morgan fingerprint density at radius 2 is 2.11 bits per heavy atom. The summed E-state index contributed by atoms with van der Waals surface area (Å²) in [4.78, 5) is 0. The summed E-state index contributed by atoms with van der Waals surface area (Å²) in [7, 11) is 2.05. The van der Waals surface area contributed by atoms with Crippen LogP contribution in [0.5, 0.6) is 0 Å². The van der Waals surface area contributed by atoms with E-state index in [1.165, 1.54) is 17.7 Å². The Kier molecular flexibility index (Phi) is 3.37. The molecule has 1 aromatic rings. The molecule has 0 aromatic heterocycles. The SMILES string of the molecule is CNC(C1=CCCCO1)C1CC1c1ccccc1. The van der Waals surface area contributed by atoms with Crippen LogP contribution in [0, 0.1) is 5.92 Å². The van der Waals surface area contributed by atoms with Crippen LogP contribution in [0.2, 0.25) is 0 Å². The molecule has 1 fully saturated rings. The third-order valence-electron chi connectivity index (χ3n) is 4.08. The lowest BCUT2D eigenvalue weighted by Crippen LogP contribution is -2.32. The summed E-state index contributed by atoms with van der Waals surface area (Å²) in [5, 5.41) is 3.44. The van der Waals surface area contributed by atoms with Crippen LogP contribution in [-0.2, 0) is 4.74 Å². The highest BCUT2D eigenvalue weighted by atomic mass is 16.5. The van der Waals surface area contributed by atoms with Gasteiger partial charge in [0, 0.05) is 0 Å². The van der Waals surface area contributed by atoms with Crippen LogP contribution in [-0.4, -0.2) is 19.7 Å². The molecule has 96 valence electrons. The van der Waals surface area contributed by atoms with E-state index in [9.17, 15) is 0 Å². The van der Waals surface area contributed by atoms with Crippen molar-refractivity contribution in [2.75, 3.05) is 13.7 Å². The van der Waals surface area contributed by atoms with Gasteiger partial charge in [-0.15, -0.1) is 0 Å². The number of nitrogens with one attached hydrogen (secondary N) is 1. The molecule has 0 spiro atoms. The largest absolute Gasteiger partial charge is 0.497 e. The fraction of sp³-hybridized carbons (Fsp3) is 0.500. The van der Waals surface area contributed by atoms with Crippen molar-refractivity contribution in [2.24, 2.45) is 5.92 Å². The van der Waals surface area contributed by atoms with E-state index in [2.05, 4.69) is 41.7 Å². The maximum Gasteiger partial charge on any atom is 0.109 e. The molecule has 3 atom stereocenters. The standard InChI is InChI=1S/C16H21NO/c1-17-16(15-9-5-6-10-18-15)14-11-13(14)12-7-3-2-4-8-12/h2-4,7-9,13-14,16-17H,5-6,10-11H2,1H3. The average molecular weight is 243 g/mol. The Bertz CT molecular complexity index is 426. The number of ether oxygens (including phenoxy) is 1. The molecule has 3 unspecified atom stereocenters. The Morgan fingerprint density at radius 3 is 2.78 bits per heavy atom. The first-order chi connectivity index (χ1) is 8.90. The fourth-order valence-electron chi connectivity index (χ4n) is 3.03. The fourth-order valence-corrected chi connectivity index (χ4v) is 3.03. The van der Waals surface area contributed by atoms with E-state index in [0.29, 0.717) is 17.9 Å². The number of hydrogen-bond acceptors (Lipinski definition) is 2. The van der Waals surface area contributed by atoms with E-state index in [4.69, 9.17) is 4.74 Å². The summed E-state index contributed by atoms with van der Waals surface area (Å²) in [5.74, 6) is 2.57. The minimum atomic E-state index is 0.399. The summed E-state index contributed by atoms with van der Waals surface area (Å²) < 4.78 is 5.82. The molecule has 0 bridgehead atoms. The topological polar surface area (TPSA) is 21.3 Å². The van der Waals surface area contributed by atoms with Crippen LogP contribution in [0.3, 0.4) is 0 Å². The molecule has 0 radical (unpaired) electrons. The minimum Gasteiger partial charge on any atom is -0.497 e. The lowest BCUT2D eigenvalue weighted by atomic mass is 10.0. The number of likely N-dealkylation sites (N-methyl/N-ethyl adjacent to an activating group) is 1. The van der Waals surface area contributed by atoms with Gasteiger partial charge in [-0.05, 0) is 49.8 Å². The summed E-state index contributed by atoms with van der Waals surface area (Å²) in [6.45, 7) is 0.882. The monoisotopic (exact) mass is 243 g/mol. The van der Waals surface area contributed by atoms with Gasteiger partial charge in [0.1, 0.15) is 5.76 Å². The highest BCUT2D eigenvalue weighted by Gasteiger charge is 2.45. The van der Waals surface area contributed by atoms with Crippen molar-refractivity contribution in [1.82, 2.24) is 5.32 Å². The van der Waals surface area contributed by atoms with Gasteiger partial charge in [-0.25, -0.2) is 0 Å². The first-order valence-electron chi connectivity index (χ1n) is 6.95. The van der Waals surface area contributed by atoms with Crippen molar-refractivity contribution in [3.8, 4) is 0 Å². The highest BCUT2D eigenvalue weighted by molar-refractivity contribution is 5.29. The van der Waals surface area contributed by atoms with E-state index in [1.807, 2.05) is 7.05 Å². The summed E-state index contributed by atoms with van der Waals surface area (Å²) in [6.07, 6.45) is 5.87. The molecule has 2 heteroatoms. The lowest BCUT2D eigenvalue weighted by molar-refractivity contribution is 0.163. The molecule has 18 heavy (non-hydrogen) atoms. The van der Waals surface area contributed by atoms with Crippen molar-refractivity contribution < 1.29 is 4.74 Å². The van der Waals surface area contributed by atoms with Gasteiger partial charge in [-0.1, -0.05) is 30.3 Å². The average Bonchev–Trinajstić information content (AvgIpc) is 3.22. The number of rotatable bonds is 4. The van der Waals surface area contributed by atoms with Crippen molar-refractivity contribution in [2.45, 2.75) is 31.2 Å². The van der Waals surface area contributed by atoms with Gasteiger partial charge in [0.2, 0.25) is 0 Å².